The molecule has 96 valence electrons. The Balaban J connectivity index is 1.86. The molecule has 2 N–H and O–H groups in total. The van der Waals surface area contributed by atoms with Crippen LogP contribution in [0.1, 0.15) is 18.2 Å². The van der Waals surface area contributed by atoms with Crippen molar-refractivity contribution in [1.82, 2.24) is 25.2 Å². The van der Waals surface area contributed by atoms with Gasteiger partial charge in [-0.1, -0.05) is 0 Å². The summed E-state index contributed by atoms with van der Waals surface area (Å²) >= 11 is 0. The van der Waals surface area contributed by atoms with Crippen LogP contribution in [-0.4, -0.2) is 33.6 Å². The maximum Gasteiger partial charge on any atom is 0.216 e. The van der Waals surface area contributed by atoms with Crippen molar-refractivity contribution in [1.29, 1.82) is 0 Å². The first-order valence-electron chi connectivity index (χ1n) is 5.91. The highest BCUT2D eigenvalue weighted by atomic mass is 16.1. The highest BCUT2D eigenvalue weighted by molar-refractivity contribution is 5.72. The van der Waals surface area contributed by atoms with Crippen LogP contribution in [0.5, 0.6) is 0 Å². The fourth-order valence-corrected chi connectivity index (χ4v) is 1.68. The van der Waals surface area contributed by atoms with Crippen molar-refractivity contribution in [2.24, 2.45) is 0 Å². The number of rotatable bonds is 5. The third-order valence-corrected chi connectivity index (χ3v) is 2.49. The number of aryl methyl sites for hydroxylation is 1. The predicted octanol–water partition coefficient (Wildman–Crippen LogP) is 0.263. The molecule has 2 aromatic heterocycles. The van der Waals surface area contributed by atoms with Crippen molar-refractivity contribution >= 4 is 11.6 Å². The Labute approximate surface area is 105 Å². The number of amides is 1. The number of carbonyl (C=O) groups excluding carboxylic acids is 1. The first-order chi connectivity index (χ1) is 8.65. The van der Waals surface area contributed by atoms with E-state index < -0.39 is 0 Å². The van der Waals surface area contributed by atoms with Crippen LogP contribution in [0, 0.1) is 6.92 Å². The average Bonchev–Trinajstić information content (AvgIpc) is 2.67. The van der Waals surface area contributed by atoms with Crippen LogP contribution in [-0.2, 0) is 11.3 Å². The SMILES string of the molecule is CC(=O)NCCNCc1cnc2cc(C)nn2c1. The van der Waals surface area contributed by atoms with Gasteiger partial charge in [0.15, 0.2) is 5.65 Å². The highest BCUT2D eigenvalue weighted by Crippen LogP contribution is 2.04. The first kappa shape index (κ1) is 12.5. The molecule has 0 saturated heterocycles. The van der Waals surface area contributed by atoms with Crippen LogP contribution in [0.3, 0.4) is 0 Å². The van der Waals surface area contributed by atoms with E-state index in [4.69, 9.17) is 0 Å². The molecule has 0 unspecified atom stereocenters. The van der Waals surface area contributed by atoms with Crippen LogP contribution in [0.4, 0.5) is 0 Å². The number of aromatic nitrogens is 3. The largest absolute Gasteiger partial charge is 0.355 e. The smallest absolute Gasteiger partial charge is 0.216 e. The third-order valence-electron chi connectivity index (χ3n) is 2.49. The molecular formula is C12H17N5O. The molecule has 0 atom stereocenters. The average molecular weight is 247 g/mol. The molecular weight excluding hydrogens is 230 g/mol. The van der Waals surface area contributed by atoms with Crippen molar-refractivity contribution in [2.75, 3.05) is 13.1 Å². The van der Waals surface area contributed by atoms with Gasteiger partial charge in [-0.05, 0) is 6.92 Å². The van der Waals surface area contributed by atoms with E-state index in [0.29, 0.717) is 13.1 Å². The van der Waals surface area contributed by atoms with Crippen LogP contribution in [0.2, 0.25) is 0 Å². The van der Waals surface area contributed by atoms with Crippen LogP contribution in [0.15, 0.2) is 18.5 Å². The number of carbonyl (C=O) groups is 1. The van der Waals surface area contributed by atoms with E-state index in [1.165, 1.54) is 6.92 Å². The molecule has 0 aliphatic rings. The van der Waals surface area contributed by atoms with Gasteiger partial charge in [0.25, 0.3) is 0 Å². The second-order valence-corrected chi connectivity index (χ2v) is 4.21. The quantitative estimate of drug-likeness (QED) is 0.744. The second kappa shape index (κ2) is 5.59. The van der Waals surface area contributed by atoms with Gasteiger partial charge < -0.3 is 10.6 Å². The Morgan fingerprint density at radius 1 is 1.44 bits per heavy atom. The molecule has 2 aromatic rings. The molecule has 0 aromatic carbocycles. The summed E-state index contributed by atoms with van der Waals surface area (Å²) in [4.78, 5) is 15.0. The third kappa shape index (κ3) is 3.27. The van der Waals surface area contributed by atoms with E-state index in [2.05, 4.69) is 20.7 Å². The second-order valence-electron chi connectivity index (χ2n) is 4.21. The summed E-state index contributed by atoms with van der Waals surface area (Å²) in [5, 5.41) is 10.3. The molecule has 0 spiro atoms. The summed E-state index contributed by atoms with van der Waals surface area (Å²) in [6.45, 7) is 5.53. The Morgan fingerprint density at radius 2 is 2.28 bits per heavy atom. The molecule has 0 radical (unpaired) electrons. The van der Waals surface area contributed by atoms with E-state index in [0.717, 1.165) is 23.4 Å². The minimum absolute atomic E-state index is 0.00750. The summed E-state index contributed by atoms with van der Waals surface area (Å²) in [5.41, 5.74) is 2.88. The summed E-state index contributed by atoms with van der Waals surface area (Å²) < 4.78 is 1.78. The first-order valence-corrected chi connectivity index (χ1v) is 5.91. The lowest BCUT2D eigenvalue weighted by Crippen LogP contribution is -2.29. The molecule has 6 heteroatoms. The van der Waals surface area contributed by atoms with E-state index >= 15 is 0 Å². The minimum atomic E-state index is -0.00750. The fourth-order valence-electron chi connectivity index (χ4n) is 1.68. The molecule has 2 heterocycles. The summed E-state index contributed by atoms with van der Waals surface area (Å²) in [6.07, 6.45) is 3.79. The fraction of sp³-hybridized carbons (Fsp3) is 0.417. The van der Waals surface area contributed by atoms with Crippen LogP contribution < -0.4 is 10.6 Å². The monoisotopic (exact) mass is 247 g/mol. The van der Waals surface area contributed by atoms with E-state index in [9.17, 15) is 4.79 Å². The van der Waals surface area contributed by atoms with Gasteiger partial charge in [0.05, 0.1) is 5.69 Å². The van der Waals surface area contributed by atoms with Gasteiger partial charge in [-0.3, -0.25) is 4.79 Å². The lowest BCUT2D eigenvalue weighted by atomic mass is 10.3. The van der Waals surface area contributed by atoms with Gasteiger partial charge in [-0.15, -0.1) is 0 Å². The van der Waals surface area contributed by atoms with Crippen molar-refractivity contribution in [2.45, 2.75) is 20.4 Å². The highest BCUT2D eigenvalue weighted by Gasteiger charge is 2.00. The maximum atomic E-state index is 10.7. The maximum absolute atomic E-state index is 10.7. The van der Waals surface area contributed by atoms with E-state index in [-0.39, 0.29) is 5.91 Å². The standard InChI is InChI=1S/C12H17N5O/c1-9-5-12-15-7-11(8-17(12)16-9)6-13-3-4-14-10(2)18/h5,7-8,13H,3-4,6H2,1-2H3,(H,14,18). The van der Waals surface area contributed by atoms with Crippen molar-refractivity contribution in [3.63, 3.8) is 0 Å². The number of hydrogen-bond acceptors (Lipinski definition) is 4. The van der Waals surface area contributed by atoms with Crippen molar-refractivity contribution < 1.29 is 4.79 Å². The number of nitrogens with one attached hydrogen (secondary N) is 2. The minimum Gasteiger partial charge on any atom is -0.355 e. The van der Waals surface area contributed by atoms with Gasteiger partial charge in [0.2, 0.25) is 5.91 Å². The molecule has 0 saturated carbocycles. The predicted molar refractivity (Wildman–Crippen MR) is 68.1 cm³/mol. The molecule has 0 aliphatic carbocycles. The molecule has 2 rings (SSSR count). The zero-order valence-corrected chi connectivity index (χ0v) is 10.6. The van der Waals surface area contributed by atoms with E-state index in [1.807, 2.05) is 25.4 Å². The van der Waals surface area contributed by atoms with Gasteiger partial charge in [0.1, 0.15) is 0 Å². The van der Waals surface area contributed by atoms with Gasteiger partial charge >= 0.3 is 0 Å². The van der Waals surface area contributed by atoms with Gasteiger partial charge in [-0.25, -0.2) is 9.50 Å². The summed E-state index contributed by atoms with van der Waals surface area (Å²) in [6, 6.07) is 1.94. The van der Waals surface area contributed by atoms with Crippen molar-refractivity contribution in [3.8, 4) is 0 Å². The Bertz CT molecular complexity index is 548. The Morgan fingerprint density at radius 3 is 3.06 bits per heavy atom. The van der Waals surface area contributed by atoms with Gasteiger partial charge in [0, 0.05) is 50.6 Å². The topological polar surface area (TPSA) is 71.3 Å². The summed E-state index contributed by atoms with van der Waals surface area (Å²) in [7, 11) is 0. The normalized spacial score (nSPS) is 10.8. The van der Waals surface area contributed by atoms with Gasteiger partial charge in [-0.2, -0.15) is 5.10 Å². The Kier molecular flexibility index (Phi) is 3.88. The number of hydrogen-bond donors (Lipinski definition) is 2. The molecule has 18 heavy (non-hydrogen) atoms. The Hall–Kier alpha value is -1.95. The van der Waals surface area contributed by atoms with Crippen molar-refractivity contribution in [3.05, 3.63) is 29.7 Å². The molecule has 0 bridgehead atoms. The number of nitrogens with zero attached hydrogens (tertiary/aromatic N) is 3. The molecule has 0 aliphatic heterocycles. The zero-order valence-electron chi connectivity index (χ0n) is 10.6. The zero-order chi connectivity index (χ0) is 13.0. The lowest BCUT2D eigenvalue weighted by molar-refractivity contribution is -0.118. The van der Waals surface area contributed by atoms with Crippen LogP contribution >= 0.6 is 0 Å². The molecule has 0 fully saturated rings. The molecule has 6 nitrogen and oxygen atoms in total. The summed E-state index contributed by atoms with van der Waals surface area (Å²) in [5.74, 6) is -0.00750. The lowest BCUT2D eigenvalue weighted by Gasteiger charge is -2.05. The number of fused-ring (bicyclic) bond motifs is 1. The molecule has 1 amide bonds. The van der Waals surface area contributed by atoms with E-state index in [1.54, 1.807) is 4.52 Å². The van der Waals surface area contributed by atoms with Crippen LogP contribution in [0.25, 0.3) is 5.65 Å².